The van der Waals surface area contributed by atoms with Crippen molar-refractivity contribution >= 4 is 5.95 Å². The number of anilines is 1. The van der Waals surface area contributed by atoms with E-state index in [1.807, 2.05) is 6.92 Å². The van der Waals surface area contributed by atoms with Gasteiger partial charge in [-0.3, -0.25) is 0 Å². The Bertz CT molecular complexity index is 358. The zero-order valence-corrected chi connectivity index (χ0v) is 12.3. The van der Waals surface area contributed by atoms with Gasteiger partial charge in [-0.15, -0.1) is 0 Å². The molecular formula is C14H27N3. The molecule has 1 aromatic rings. The van der Waals surface area contributed by atoms with Crippen molar-refractivity contribution in [3.8, 4) is 0 Å². The van der Waals surface area contributed by atoms with Crippen molar-refractivity contribution in [1.82, 2.24) is 9.55 Å². The first-order valence-corrected chi connectivity index (χ1v) is 6.50. The molecule has 0 spiro atoms. The zero-order chi connectivity index (χ0) is 13.2. The third kappa shape index (κ3) is 4.06. The molecule has 0 saturated carbocycles. The quantitative estimate of drug-likeness (QED) is 0.865. The molecule has 3 nitrogen and oxygen atoms in total. The molecule has 0 bridgehead atoms. The molecule has 1 rings (SSSR count). The van der Waals surface area contributed by atoms with E-state index in [1.54, 1.807) is 0 Å². The van der Waals surface area contributed by atoms with Crippen LogP contribution in [0.1, 0.15) is 47.2 Å². The highest BCUT2D eigenvalue weighted by atomic mass is 15.2. The molecular weight excluding hydrogens is 210 g/mol. The molecule has 17 heavy (non-hydrogen) atoms. The molecule has 0 fully saturated rings. The van der Waals surface area contributed by atoms with Gasteiger partial charge in [-0.05, 0) is 32.1 Å². The highest BCUT2D eigenvalue weighted by Gasteiger charge is 2.21. The third-order valence-electron chi connectivity index (χ3n) is 3.26. The molecule has 1 unspecified atom stereocenters. The van der Waals surface area contributed by atoms with Crippen molar-refractivity contribution in [1.29, 1.82) is 0 Å². The van der Waals surface area contributed by atoms with Gasteiger partial charge in [0.15, 0.2) is 0 Å². The van der Waals surface area contributed by atoms with Crippen molar-refractivity contribution in [2.24, 2.45) is 11.3 Å². The molecule has 0 amide bonds. The van der Waals surface area contributed by atoms with Gasteiger partial charge in [0.05, 0.1) is 5.69 Å². The normalized spacial score (nSPS) is 14.1. The molecule has 0 aliphatic heterocycles. The Morgan fingerprint density at radius 2 is 1.88 bits per heavy atom. The van der Waals surface area contributed by atoms with E-state index < -0.39 is 0 Å². The van der Waals surface area contributed by atoms with E-state index in [0.717, 1.165) is 18.2 Å². The van der Waals surface area contributed by atoms with Gasteiger partial charge in [0.1, 0.15) is 0 Å². The van der Waals surface area contributed by atoms with Crippen LogP contribution >= 0.6 is 0 Å². The Hall–Kier alpha value is -0.990. The van der Waals surface area contributed by atoms with E-state index in [0.29, 0.717) is 17.4 Å². The number of aryl methyl sites for hydroxylation is 1. The Balaban J connectivity index is 2.83. The number of hydrogen-bond donors (Lipinski definition) is 1. The number of rotatable bonds is 4. The second-order valence-electron chi connectivity index (χ2n) is 6.42. The van der Waals surface area contributed by atoms with Crippen molar-refractivity contribution in [2.75, 3.05) is 5.32 Å². The summed E-state index contributed by atoms with van der Waals surface area (Å²) in [6, 6.07) is 0.417. The average Bonchev–Trinajstić information content (AvgIpc) is 2.43. The van der Waals surface area contributed by atoms with Crippen molar-refractivity contribution in [2.45, 2.75) is 61.1 Å². The van der Waals surface area contributed by atoms with E-state index in [-0.39, 0.29) is 0 Å². The smallest absolute Gasteiger partial charge is 0.203 e. The number of nitrogens with zero attached hydrogens (tertiary/aromatic N) is 2. The zero-order valence-electron chi connectivity index (χ0n) is 12.3. The van der Waals surface area contributed by atoms with Gasteiger partial charge in [-0.25, -0.2) is 4.98 Å². The summed E-state index contributed by atoms with van der Waals surface area (Å²) in [5.41, 5.74) is 1.40. The molecule has 98 valence electrons. The van der Waals surface area contributed by atoms with Gasteiger partial charge in [-0.1, -0.05) is 27.7 Å². The van der Waals surface area contributed by atoms with Crippen LogP contribution in [-0.4, -0.2) is 15.6 Å². The van der Waals surface area contributed by atoms with Crippen LogP contribution in [0.25, 0.3) is 0 Å². The van der Waals surface area contributed by atoms with Crippen LogP contribution in [0.3, 0.4) is 0 Å². The summed E-state index contributed by atoms with van der Waals surface area (Å²) in [4.78, 5) is 4.54. The molecule has 0 aromatic carbocycles. The topological polar surface area (TPSA) is 29.9 Å². The maximum atomic E-state index is 4.54. The van der Waals surface area contributed by atoms with Gasteiger partial charge in [0.2, 0.25) is 5.95 Å². The van der Waals surface area contributed by atoms with Crippen molar-refractivity contribution in [3.63, 3.8) is 0 Å². The first-order chi connectivity index (χ1) is 7.70. The van der Waals surface area contributed by atoms with E-state index >= 15 is 0 Å². The molecule has 3 heteroatoms. The van der Waals surface area contributed by atoms with Crippen LogP contribution in [0.4, 0.5) is 5.95 Å². The summed E-state index contributed by atoms with van der Waals surface area (Å²) in [6.07, 6.45) is 2.13. The number of imidazole rings is 1. The third-order valence-corrected chi connectivity index (χ3v) is 3.26. The van der Waals surface area contributed by atoms with Gasteiger partial charge >= 0.3 is 0 Å². The molecule has 0 aliphatic rings. The minimum Gasteiger partial charge on any atom is -0.353 e. The minimum absolute atomic E-state index is 0.327. The maximum absolute atomic E-state index is 4.54. The second-order valence-corrected chi connectivity index (χ2v) is 6.42. The lowest BCUT2D eigenvalue weighted by Gasteiger charge is -2.28. The van der Waals surface area contributed by atoms with Crippen LogP contribution in [0.5, 0.6) is 0 Å². The van der Waals surface area contributed by atoms with Gasteiger partial charge < -0.3 is 9.88 Å². The number of hydrogen-bond acceptors (Lipinski definition) is 2. The lowest BCUT2D eigenvalue weighted by Crippen LogP contribution is -2.24. The molecule has 0 radical (unpaired) electrons. The monoisotopic (exact) mass is 237 g/mol. The molecule has 1 N–H and O–H groups in total. The van der Waals surface area contributed by atoms with Crippen LogP contribution in [-0.2, 0) is 6.54 Å². The molecule has 1 atom stereocenters. The Labute approximate surface area is 106 Å². The van der Waals surface area contributed by atoms with E-state index in [9.17, 15) is 0 Å². The van der Waals surface area contributed by atoms with E-state index in [1.165, 1.54) is 0 Å². The van der Waals surface area contributed by atoms with Crippen LogP contribution in [0.2, 0.25) is 0 Å². The lowest BCUT2D eigenvalue weighted by atomic mass is 9.82. The summed E-state index contributed by atoms with van der Waals surface area (Å²) in [6.45, 7) is 16.5. The predicted octanol–water partition coefficient (Wildman–Crippen LogP) is 3.69. The van der Waals surface area contributed by atoms with Crippen molar-refractivity contribution in [3.05, 3.63) is 11.9 Å². The standard InChI is InChI=1S/C14H27N3/c1-10(2)15-13-16-12(4)9-17(13)8-11(3)14(5,6)7/h9-11H,8H2,1-7H3,(H,15,16). The first-order valence-electron chi connectivity index (χ1n) is 6.50. The minimum atomic E-state index is 0.327. The largest absolute Gasteiger partial charge is 0.353 e. The molecule has 0 aliphatic carbocycles. The van der Waals surface area contributed by atoms with Gasteiger partial charge in [0, 0.05) is 18.8 Å². The summed E-state index contributed by atoms with van der Waals surface area (Å²) >= 11 is 0. The predicted molar refractivity (Wildman–Crippen MR) is 74.3 cm³/mol. The van der Waals surface area contributed by atoms with Gasteiger partial charge in [-0.2, -0.15) is 0 Å². The highest BCUT2D eigenvalue weighted by Crippen LogP contribution is 2.27. The fourth-order valence-corrected chi connectivity index (χ4v) is 1.63. The average molecular weight is 237 g/mol. The van der Waals surface area contributed by atoms with E-state index in [4.69, 9.17) is 0 Å². The fourth-order valence-electron chi connectivity index (χ4n) is 1.63. The summed E-state index contributed by atoms with van der Waals surface area (Å²) in [5.74, 6) is 1.61. The summed E-state index contributed by atoms with van der Waals surface area (Å²) in [5, 5.41) is 3.40. The lowest BCUT2D eigenvalue weighted by molar-refractivity contribution is 0.233. The fraction of sp³-hybridized carbons (Fsp3) is 0.786. The first kappa shape index (κ1) is 14.1. The van der Waals surface area contributed by atoms with Gasteiger partial charge in [0.25, 0.3) is 0 Å². The Kier molecular flexibility index (Phi) is 4.23. The SMILES string of the molecule is Cc1cn(CC(C)C(C)(C)C)c(NC(C)C)n1. The molecule has 1 heterocycles. The number of nitrogens with one attached hydrogen (secondary N) is 1. The summed E-state index contributed by atoms with van der Waals surface area (Å²) < 4.78 is 2.24. The van der Waals surface area contributed by atoms with Crippen LogP contribution < -0.4 is 5.32 Å². The highest BCUT2D eigenvalue weighted by molar-refractivity contribution is 5.29. The molecule has 1 aromatic heterocycles. The van der Waals surface area contributed by atoms with Crippen LogP contribution in [0, 0.1) is 18.3 Å². The Morgan fingerprint density at radius 3 is 2.35 bits per heavy atom. The molecule has 0 saturated heterocycles. The Morgan fingerprint density at radius 1 is 1.29 bits per heavy atom. The maximum Gasteiger partial charge on any atom is 0.203 e. The second kappa shape index (κ2) is 5.11. The van der Waals surface area contributed by atoms with Crippen molar-refractivity contribution < 1.29 is 0 Å². The summed E-state index contributed by atoms with van der Waals surface area (Å²) in [7, 11) is 0. The van der Waals surface area contributed by atoms with Crippen LogP contribution in [0.15, 0.2) is 6.20 Å². The van der Waals surface area contributed by atoms with E-state index in [2.05, 4.69) is 62.6 Å². The number of aromatic nitrogens is 2.